The Morgan fingerprint density at radius 3 is 2.75 bits per heavy atom. The highest BCUT2D eigenvalue weighted by Crippen LogP contribution is 2.28. The molecule has 28 heavy (non-hydrogen) atoms. The number of nitrogens with one attached hydrogen (secondary N) is 3. The van der Waals surface area contributed by atoms with Crippen LogP contribution in [-0.2, 0) is 9.53 Å². The Kier molecular flexibility index (Phi) is 4.92. The minimum atomic E-state index is -0.480. The quantitative estimate of drug-likeness (QED) is 0.692. The maximum Gasteiger partial charge on any atom is 0.285 e. The lowest BCUT2D eigenvalue weighted by atomic mass is 9.83. The van der Waals surface area contributed by atoms with Gasteiger partial charge in [0.1, 0.15) is 5.56 Å². The second kappa shape index (κ2) is 7.38. The van der Waals surface area contributed by atoms with Gasteiger partial charge in [0.05, 0.1) is 12.1 Å². The predicted octanol–water partition coefficient (Wildman–Crippen LogP) is 0.523. The van der Waals surface area contributed by atoms with Crippen LogP contribution < -0.4 is 16.2 Å². The highest BCUT2D eigenvalue weighted by Gasteiger charge is 2.36. The van der Waals surface area contributed by atoms with Gasteiger partial charge >= 0.3 is 0 Å². The van der Waals surface area contributed by atoms with Gasteiger partial charge < -0.3 is 15.4 Å². The molecule has 4 rings (SSSR count). The maximum atomic E-state index is 12.7. The minimum Gasteiger partial charge on any atom is -0.379 e. The lowest BCUT2D eigenvalue weighted by molar-refractivity contribution is -0.128. The third kappa shape index (κ3) is 3.66. The summed E-state index contributed by atoms with van der Waals surface area (Å²) < 4.78 is 6.81. The van der Waals surface area contributed by atoms with Crippen LogP contribution in [0.1, 0.15) is 48.2 Å². The maximum absolute atomic E-state index is 12.7. The van der Waals surface area contributed by atoms with Gasteiger partial charge in [-0.1, -0.05) is 0 Å². The van der Waals surface area contributed by atoms with Crippen molar-refractivity contribution in [3.8, 4) is 0 Å². The van der Waals surface area contributed by atoms with Crippen molar-refractivity contribution in [2.24, 2.45) is 5.92 Å². The van der Waals surface area contributed by atoms with Gasteiger partial charge in [0.15, 0.2) is 5.65 Å². The van der Waals surface area contributed by atoms with Crippen LogP contribution in [0, 0.1) is 12.8 Å². The van der Waals surface area contributed by atoms with E-state index >= 15 is 0 Å². The van der Waals surface area contributed by atoms with E-state index in [2.05, 4.69) is 20.7 Å². The Hall–Kier alpha value is -2.68. The normalized spacial score (nSPS) is 24.9. The highest BCUT2D eigenvalue weighted by atomic mass is 16.5. The van der Waals surface area contributed by atoms with Gasteiger partial charge in [0, 0.05) is 37.0 Å². The first-order valence-electron chi connectivity index (χ1n) is 9.67. The van der Waals surface area contributed by atoms with Crippen LogP contribution in [0.4, 0.5) is 0 Å². The molecule has 2 heterocycles. The topological polar surface area (TPSA) is 118 Å². The van der Waals surface area contributed by atoms with E-state index in [1.165, 1.54) is 10.7 Å². The molecule has 9 nitrogen and oxygen atoms in total. The van der Waals surface area contributed by atoms with E-state index in [0.717, 1.165) is 18.5 Å². The van der Waals surface area contributed by atoms with Gasteiger partial charge in [0.25, 0.3) is 11.5 Å². The van der Waals surface area contributed by atoms with Crippen molar-refractivity contribution in [3.05, 3.63) is 33.9 Å². The molecule has 2 saturated carbocycles. The number of H-pyrrole nitrogens is 1. The second-order valence-electron chi connectivity index (χ2n) is 7.76. The molecule has 3 atom stereocenters. The largest absolute Gasteiger partial charge is 0.379 e. The molecule has 2 fully saturated rings. The van der Waals surface area contributed by atoms with Gasteiger partial charge in [-0.15, -0.1) is 0 Å². The van der Waals surface area contributed by atoms with E-state index in [1.807, 2.05) is 6.92 Å². The van der Waals surface area contributed by atoms with Crippen LogP contribution in [0.5, 0.6) is 0 Å². The molecule has 150 valence electrons. The molecule has 0 spiro atoms. The fourth-order valence-electron chi connectivity index (χ4n) is 3.82. The molecule has 9 heteroatoms. The van der Waals surface area contributed by atoms with Crippen molar-refractivity contribution in [1.29, 1.82) is 0 Å². The Bertz CT molecular complexity index is 961. The first kappa shape index (κ1) is 18.7. The predicted molar refractivity (Wildman–Crippen MR) is 101 cm³/mol. The smallest absolute Gasteiger partial charge is 0.285 e. The molecular formula is C19H25N5O4. The number of hydrogen-bond donors (Lipinski definition) is 3. The SMILES string of the molecule is CO[C@@H]1C[C@@H](C(=O)NC2CC2)CC[C@H]1NC(=O)c1cnc2cc(C)[nH]n2c1=O. The van der Waals surface area contributed by atoms with Gasteiger partial charge in [-0.2, -0.15) is 0 Å². The molecule has 0 unspecified atom stereocenters. The Morgan fingerprint density at radius 1 is 1.25 bits per heavy atom. The van der Waals surface area contributed by atoms with Crippen LogP contribution in [0.25, 0.3) is 5.65 Å². The summed E-state index contributed by atoms with van der Waals surface area (Å²) in [5, 5.41) is 8.81. The molecule has 0 radical (unpaired) electrons. The Morgan fingerprint density at radius 2 is 2.04 bits per heavy atom. The number of methoxy groups -OCH3 is 1. The Labute approximate surface area is 161 Å². The Balaban J connectivity index is 1.44. The standard InChI is InChI=1S/C19H25N5O4/c1-10-7-16-20-9-13(19(27)24(16)23-10)18(26)22-14-6-3-11(8-15(14)28-2)17(25)21-12-4-5-12/h7,9,11-12,14-15,23H,3-6,8H2,1-2H3,(H,21,25)(H,22,26)/t11-,14+,15+/m0/s1. The third-order valence-corrected chi connectivity index (χ3v) is 5.57. The zero-order chi connectivity index (χ0) is 19.8. The highest BCUT2D eigenvalue weighted by molar-refractivity contribution is 5.94. The minimum absolute atomic E-state index is 0.0252. The van der Waals surface area contributed by atoms with Crippen LogP contribution in [-0.4, -0.2) is 51.7 Å². The number of aromatic amines is 1. The van der Waals surface area contributed by atoms with Crippen molar-refractivity contribution in [2.45, 2.75) is 57.2 Å². The average Bonchev–Trinajstić information content (AvgIpc) is 3.40. The zero-order valence-electron chi connectivity index (χ0n) is 16.0. The summed E-state index contributed by atoms with van der Waals surface area (Å²) in [4.78, 5) is 41.8. The summed E-state index contributed by atoms with van der Waals surface area (Å²) >= 11 is 0. The van der Waals surface area contributed by atoms with E-state index in [1.54, 1.807) is 13.2 Å². The fourth-order valence-corrected chi connectivity index (χ4v) is 3.82. The van der Waals surface area contributed by atoms with Crippen LogP contribution in [0.3, 0.4) is 0 Å². The lowest BCUT2D eigenvalue weighted by Crippen LogP contribution is -2.50. The van der Waals surface area contributed by atoms with E-state index < -0.39 is 11.5 Å². The van der Waals surface area contributed by atoms with Crippen molar-refractivity contribution in [2.75, 3.05) is 7.11 Å². The number of ether oxygens (including phenoxy) is 1. The van der Waals surface area contributed by atoms with Gasteiger partial charge in [-0.05, 0) is 39.0 Å². The summed E-state index contributed by atoms with van der Waals surface area (Å²) in [6.45, 7) is 1.81. The summed E-state index contributed by atoms with van der Waals surface area (Å²) in [5.74, 6) is -0.513. The molecule has 2 aliphatic carbocycles. The molecular weight excluding hydrogens is 362 g/mol. The van der Waals surface area contributed by atoms with Crippen molar-refractivity contribution < 1.29 is 14.3 Å². The van der Waals surface area contributed by atoms with Gasteiger partial charge in [-0.3, -0.25) is 19.5 Å². The number of carbonyl (C=O) groups is 2. The number of aromatic nitrogens is 3. The number of rotatable bonds is 5. The lowest BCUT2D eigenvalue weighted by Gasteiger charge is -2.35. The van der Waals surface area contributed by atoms with E-state index in [-0.39, 0.29) is 29.5 Å². The van der Waals surface area contributed by atoms with Crippen molar-refractivity contribution in [3.63, 3.8) is 0 Å². The van der Waals surface area contributed by atoms with Gasteiger partial charge in [-0.25, -0.2) is 9.50 Å². The van der Waals surface area contributed by atoms with Gasteiger partial charge in [0.2, 0.25) is 5.91 Å². The average molecular weight is 387 g/mol. The molecule has 0 bridgehead atoms. The number of carbonyl (C=O) groups excluding carboxylic acids is 2. The summed E-state index contributed by atoms with van der Waals surface area (Å²) in [7, 11) is 1.58. The van der Waals surface area contributed by atoms with E-state index in [0.29, 0.717) is 31.0 Å². The summed E-state index contributed by atoms with van der Waals surface area (Å²) in [6, 6.07) is 1.81. The van der Waals surface area contributed by atoms with Crippen molar-refractivity contribution >= 4 is 17.5 Å². The van der Waals surface area contributed by atoms with Crippen LogP contribution >= 0.6 is 0 Å². The van der Waals surface area contributed by atoms with Crippen LogP contribution in [0.2, 0.25) is 0 Å². The van der Waals surface area contributed by atoms with E-state index in [4.69, 9.17) is 4.74 Å². The molecule has 2 aliphatic rings. The second-order valence-corrected chi connectivity index (χ2v) is 7.76. The van der Waals surface area contributed by atoms with Crippen molar-refractivity contribution in [1.82, 2.24) is 25.2 Å². The third-order valence-electron chi connectivity index (χ3n) is 5.57. The monoisotopic (exact) mass is 387 g/mol. The summed E-state index contributed by atoms with van der Waals surface area (Å²) in [5.41, 5.74) is 0.783. The molecule has 2 amide bonds. The molecule has 0 saturated heterocycles. The number of fused-ring (bicyclic) bond motifs is 1. The number of amides is 2. The molecule has 0 aliphatic heterocycles. The molecule has 2 aromatic rings. The number of hydrogen-bond acceptors (Lipinski definition) is 5. The fraction of sp³-hybridized carbons (Fsp3) is 0.579. The number of nitrogens with zero attached hydrogens (tertiary/aromatic N) is 2. The first-order valence-corrected chi connectivity index (χ1v) is 9.67. The summed E-state index contributed by atoms with van der Waals surface area (Å²) in [6.07, 6.45) is 4.97. The van der Waals surface area contributed by atoms with E-state index in [9.17, 15) is 14.4 Å². The first-order chi connectivity index (χ1) is 13.5. The molecule has 2 aromatic heterocycles. The number of aryl methyl sites for hydroxylation is 1. The molecule has 0 aromatic carbocycles. The zero-order valence-corrected chi connectivity index (χ0v) is 16.0. The van der Waals surface area contributed by atoms with Crippen LogP contribution in [0.15, 0.2) is 17.1 Å². The molecule has 3 N–H and O–H groups in total.